The highest BCUT2D eigenvalue weighted by Gasteiger charge is 2.26. The number of aryl methyl sites for hydroxylation is 1. The maximum atomic E-state index is 13.5. The Bertz CT molecular complexity index is 1520. The van der Waals surface area contributed by atoms with Gasteiger partial charge in [0.2, 0.25) is 0 Å². The number of aromatic nitrogens is 3. The number of ether oxygens (including phenoxy) is 1. The van der Waals surface area contributed by atoms with E-state index in [4.69, 9.17) is 16.3 Å². The Hall–Kier alpha value is -3.97. The summed E-state index contributed by atoms with van der Waals surface area (Å²) in [5, 5.41) is 5.11. The average molecular weight is 532 g/mol. The van der Waals surface area contributed by atoms with Gasteiger partial charge in [-0.2, -0.15) is 0 Å². The normalized spacial score (nSPS) is 11.4. The van der Waals surface area contributed by atoms with Crippen molar-refractivity contribution in [3.63, 3.8) is 0 Å². The Labute approximate surface area is 226 Å². The van der Waals surface area contributed by atoms with Crippen LogP contribution in [0, 0.1) is 6.92 Å². The van der Waals surface area contributed by atoms with E-state index in [0.29, 0.717) is 22.0 Å². The molecule has 0 saturated carbocycles. The Morgan fingerprint density at radius 1 is 1.00 bits per heavy atom. The summed E-state index contributed by atoms with van der Waals surface area (Å²) in [6, 6.07) is 22.0. The van der Waals surface area contributed by atoms with Gasteiger partial charge in [0.1, 0.15) is 6.54 Å². The van der Waals surface area contributed by atoms with Crippen molar-refractivity contribution in [1.82, 2.24) is 14.3 Å². The third kappa shape index (κ3) is 6.11. The number of hydrogen-bond donors (Lipinski definition) is 0. The van der Waals surface area contributed by atoms with E-state index in [-0.39, 0.29) is 25.3 Å². The molecule has 1 heterocycles. The Morgan fingerprint density at radius 3 is 2.32 bits per heavy atom. The molecule has 0 N–H and O–H groups in total. The first-order valence-electron chi connectivity index (χ1n) is 12.3. The summed E-state index contributed by atoms with van der Waals surface area (Å²) in [5.74, 6) is -0.0988. The molecule has 8 heteroatoms. The molecule has 0 saturated heterocycles. The topological polar surface area (TPSA) is 83.2 Å². The van der Waals surface area contributed by atoms with E-state index in [1.54, 1.807) is 48.5 Å². The van der Waals surface area contributed by atoms with Crippen LogP contribution in [-0.2, 0) is 28.0 Å². The molecular formula is C30H30ClN3O4. The molecule has 0 spiro atoms. The van der Waals surface area contributed by atoms with E-state index in [0.717, 1.165) is 16.7 Å². The number of carbonyl (C=O) groups excluding carboxylic acids is 2. The summed E-state index contributed by atoms with van der Waals surface area (Å²) < 4.78 is 7.51. The Balaban J connectivity index is 1.64. The van der Waals surface area contributed by atoms with E-state index in [2.05, 4.69) is 11.2 Å². The number of carbonyl (C=O) groups is 2. The van der Waals surface area contributed by atoms with Crippen molar-refractivity contribution in [2.24, 2.45) is 0 Å². The average Bonchev–Trinajstić information content (AvgIpc) is 3.18. The van der Waals surface area contributed by atoms with E-state index in [1.807, 2.05) is 39.0 Å². The minimum absolute atomic E-state index is 0.0895. The van der Waals surface area contributed by atoms with Gasteiger partial charge >= 0.3 is 11.7 Å². The number of esters is 1. The summed E-state index contributed by atoms with van der Waals surface area (Å²) in [5.41, 5.74) is 3.32. The Kier molecular flexibility index (Phi) is 7.97. The highest BCUT2D eigenvalue weighted by atomic mass is 35.5. The maximum absolute atomic E-state index is 13.5. The van der Waals surface area contributed by atoms with Gasteiger partial charge < -0.3 is 4.74 Å². The van der Waals surface area contributed by atoms with Crippen LogP contribution in [0.2, 0.25) is 5.02 Å². The second-order valence-corrected chi connectivity index (χ2v) is 10.5. The van der Waals surface area contributed by atoms with Gasteiger partial charge in [0.15, 0.2) is 11.6 Å². The second kappa shape index (κ2) is 11.2. The molecule has 0 aliphatic carbocycles. The van der Waals surface area contributed by atoms with Crippen LogP contribution in [-0.4, -0.2) is 33.2 Å². The first-order chi connectivity index (χ1) is 18.1. The van der Waals surface area contributed by atoms with Crippen molar-refractivity contribution in [3.05, 3.63) is 111 Å². The number of rotatable bonds is 9. The number of hydrogen-bond acceptors (Lipinski definition) is 5. The highest BCUT2D eigenvalue weighted by molar-refractivity contribution is 6.30. The van der Waals surface area contributed by atoms with Crippen molar-refractivity contribution in [1.29, 1.82) is 0 Å². The fourth-order valence-electron chi connectivity index (χ4n) is 4.43. The molecule has 4 rings (SSSR count). The monoisotopic (exact) mass is 531 g/mol. The van der Waals surface area contributed by atoms with Crippen molar-refractivity contribution in [2.45, 2.75) is 45.7 Å². The molecule has 0 aliphatic heterocycles. The lowest BCUT2D eigenvalue weighted by atomic mass is 9.79. The van der Waals surface area contributed by atoms with E-state index < -0.39 is 17.1 Å². The zero-order chi connectivity index (χ0) is 27.4. The first kappa shape index (κ1) is 27.1. The van der Waals surface area contributed by atoms with Gasteiger partial charge in [-0.25, -0.2) is 14.3 Å². The third-order valence-electron chi connectivity index (χ3n) is 6.51. The zero-order valence-electron chi connectivity index (χ0n) is 21.9. The van der Waals surface area contributed by atoms with Gasteiger partial charge in [0.25, 0.3) is 0 Å². The standard InChI is InChI=1S/C30H30ClN3O4/c1-20-6-5-7-24(16-20)30(2,3)17-26(35)19-34-29(37)33(27(32-34)22-12-14-25(31)15-13-22)18-21-8-10-23(11-9-21)28(36)38-4/h5-16H,17-19H2,1-4H3. The van der Waals surface area contributed by atoms with Gasteiger partial charge in [-0.15, -0.1) is 5.10 Å². The summed E-state index contributed by atoms with van der Waals surface area (Å²) in [6.07, 6.45) is 0.265. The molecule has 196 valence electrons. The first-order valence-corrected chi connectivity index (χ1v) is 12.6. The summed E-state index contributed by atoms with van der Waals surface area (Å²) in [6.45, 7) is 6.15. The molecule has 3 aromatic carbocycles. The summed E-state index contributed by atoms with van der Waals surface area (Å²) in [7, 11) is 1.33. The van der Waals surface area contributed by atoms with Crippen LogP contribution in [0.3, 0.4) is 0 Å². The third-order valence-corrected chi connectivity index (χ3v) is 6.76. The van der Waals surface area contributed by atoms with E-state index in [1.165, 1.54) is 16.4 Å². The largest absolute Gasteiger partial charge is 0.465 e. The van der Waals surface area contributed by atoms with Gasteiger partial charge in [-0.05, 0) is 59.9 Å². The maximum Gasteiger partial charge on any atom is 0.346 e. The molecule has 7 nitrogen and oxygen atoms in total. The van der Waals surface area contributed by atoms with Crippen molar-refractivity contribution in [3.8, 4) is 11.4 Å². The molecule has 0 bridgehead atoms. The number of methoxy groups -OCH3 is 1. The summed E-state index contributed by atoms with van der Waals surface area (Å²) in [4.78, 5) is 38.4. The number of Topliss-reactive ketones (excluding diaryl/α,β-unsaturated/α-hetero) is 1. The van der Waals surface area contributed by atoms with Gasteiger partial charge in [-0.3, -0.25) is 9.36 Å². The second-order valence-electron chi connectivity index (χ2n) is 10.0. The van der Waals surface area contributed by atoms with E-state index in [9.17, 15) is 14.4 Å². The van der Waals surface area contributed by atoms with Crippen LogP contribution in [0.5, 0.6) is 0 Å². The molecule has 38 heavy (non-hydrogen) atoms. The van der Waals surface area contributed by atoms with Crippen LogP contribution < -0.4 is 5.69 Å². The molecule has 0 unspecified atom stereocenters. The fourth-order valence-corrected chi connectivity index (χ4v) is 4.56. The van der Waals surface area contributed by atoms with Gasteiger partial charge in [-0.1, -0.05) is 67.4 Å². The van der Waals surface area contributed by atoms with Gasteiger partial charge in [0.05, 0.1) is 19.2 Å². The van der Waals surface area contributed by atoms with Gasteiger partial charge in [0, 0.05) is 17.0 Å². The van der Waals surface area contributed by atoms with Crippen LogP contribution in [0.15, 0.2) is 77.6 Å². The highest BCUT2D eigenvalue weighted by Crippen LogP contribution is 2.28. The van der Waals surface area contributed by atoms with E-state index >= 15 is 0 Å². The molecule has 0 amide bonds. The smallest absolute Gasteiger partial charge is 0.346 e. The summed E-state index contributed by atoms with van der Waals surface area (Å²) >= 11 is 6.07. The quantitative estimate of drug-likeness (QED) is 0.268. The molecule has 0 atom stereocenters. The molecule has 0 fully saturated rings. The zero-order valence-corrected chi connectivity index (χ0v) is 22.7. The minimum atomic E-state index is -0.435. The molecule has 4 aromatic rings. The molecular weight excluding hydrogens is 502 g/mol. The number of ketones is 1. The predicted octanol–water partition coefficient (Wildman–Crippen LogP) is 5.45. The van der Waals surface area contributed by atoms with Crippen LogP contribution in [0.4, 0.5) is 0 Å². The lowest BCUT2D eigenvalue weighted by molar-refractivity contribution is -0.120. The van der Waals surface area contributed by atoms with Crippen LogP contribution in [0.25, 0.3) is 11.4 Å². The fraction of sp³-hybridized carbons (Fsp3) is 0.267. The van der Waals surface area contributed by atoms with Crippen LogP contribution in [0.1, 0.15) is 47.3 Å². The van der Waals surface area contributed by atoms with Crippen molar-refractivity contribution in [2.75, 3.05) is 7.11 Å². The molecule has 0 aliphatic rings. The predicted molar refractivity (Wildman–Crippen MR) is 148 cm³/mol. The number of nitrogens with zero attached hydrogens (tertiary/aromatic N) is 3. The molecule has 0 radical (unpaired) electrons. The minimum Gasteiger partial charge on any atom is -0.465 e. The van der Waals surface area contributed by atoms with Crippen LogP contribution >= 0.6 is 11.6 Å². The number of halogens is 1. The molecule has 1 aromatic heterocycles. The van der Waals surface area contributed by atoms with Crippen molar-refractivity contribution < 1.29 is 14.3 Å². The SMILES string of the molecule is COC(=O)c1ccc(Cn2c(-c3ccc(Cl)cc3)nn(CC(=O)CC(C)(C)c3cccc(C)c3)c2=O)cc1. The van der Waals surface area contributed by atoms with Crippen molar-refractivity contribution >= 4 is 23.4 Å². The lowest BCUT2D eigenvalue weighted by Crippen LogP contribution is -2.30. The lowest BCUT2D eigenvalue weighted by Gasteiger charge is -2.24. The number of benzene rings is 3. The Morgan fingerprint density at radius 2 is 1.68 bits per heavy atom.